The summed E-state index contributed by atoms with van der Waals surface area (Å²) in [5.74, 6) is -11.7. The lowest BCUT2D eigenvalue weighted by Gasteiger charge is -2.46. The maximum absolute atomic E-state index is 15.8. The monoisotopic (exact) mass is 1370 g/mol. The first-order valence-electron chi connectivity index (χ1n) is 34.1. The highest BCUT2D eigenvalue weighted by molar-refractivity contribution is 6.74. The highest BCUT2D eigenvalue weighted by atomic mass is 28.4. The van der Waals surface area contributed by atoms with Crippen LogP contribution in [0, 0.1) is 41.4 Å². The van der Waals surface area contributed by atoms with Gasteiger partial charge in [0.25, 0.3) is 12.3 Å². The molecule has 26 heteroatoms. The van der Waals surface area contributed by atoms with Gasteiger partial charge in [0.2, 0.25) is 59.1 Å². The number of carbonyl (C=O) groups excluding carboxylic acids is 11. The number of hydrogen-bond acceptors (Lipinski definition) is 12. The standard InChI is InChI=1S/C69H125F2N11O12Si/c1-30-32-33-44(15)56(94-95(28,29)69(18,19)20)54-61(86)74-47(31-2)63(88)82(27)55(57(70)71)68(93)77(22)49(35-39(5)6)60(85)75-52(42(11)12)66(91)76(21)48(34-38(3)4)59(84)72-45(16)58(83)73-46(17)62(87)78(23)50(36-40(7)8)64(89)79(24)51(37-41(9)10)65(90)80(25)53(43(13)14)67(92)81(54)26/h30,32,38-57H,31,33-37H2,1-29H3,(H,72,84)(H,73,83)(H,74,86)(H,75,85)/b32-30+/t44-,45+,46-,47+,48+,49+,50+,51+,52+,53+,54+,55-,56-/m1/s1. The lowest BCUT2D eigenvalue weighted by molar-refractivity contribution is -0.158. The van der Waals surface area contributed by atoms with E-state index < -0.39 is 175 Å². The molecule has 11 amide bonds. The number of likely N-dealkylation sites (N-methyl/N-ethyl adjacent to an activating group) is 7. The zero-order valence-electron chi connectivity index (χ0n) is 63.2. The van der Waals surface area contributed by atoms with Crippen LogP contribution in [0.15, 0.2) is 12.2 Å². The van der Waals surface area contributed by atoms with Crippen molar-refractivity contribution in [1.82, 2.24) is 55.6 Å². The fraction of sp³-hybridized carbons (Fsp3) is 0.812. The van der Waals surface area contributed by atoms with Gasteiger partial charge in [-0.2, -0.15) is 0 Å². The fourth-order valence-corrected chi connectivity index (χ4v) is 13.1. The van der Waals surface area contributed by atoms with Crippen LogP contribution in [0.3, 0.4) is 0 Å². The molecule has 1 saturated heterocycles. The minimum Gasteiger partial charge on any atom is -0.411 e. The van der Waals surface area contributed by atoms with E-state index in [1.165, 1.54) is 75.6 Å². The van der Waals surface area contributed by atoms with Gasteiger partial charge in [-0.25, -0.2) is 8.78 Å². The lowest BCUT2D eigenvalue weighted by Crippen LogP contribution is -2.65. The first kappa shape index (κ1) is 87.0. The molecular weight excluding hydrogens is 1240 g/mol. The second-order valence-corrected chi connectivity index (χ2v) is 35.2. The fourth-order valence-electron chi connectivity index (χ4n) is 11.7. The van der Waals surface area contributed by atoms with Crippen LogP contribution in [0.4, 0.5) is 8.78 Å². The molecule has 4 N–H and O–H groups in total. The molecule has 1 heterocycles. The summed E-state index contributed by atoms with van der Waals surface area (Å²) in [5.41, 5.74) is 0. The number of rotatable bonds is 18. The normalized spacial score (nSPS) is 26.6. The van der Waals surface area contributed by atoms with Crippen LogP contribution in [0.2, 0.25) is 18.1 Å². The van der Waals surface area contributed by atoms with Gasteiger partial charge in [0.05, 0.1) is 6.10 Å². The number of nitrogens with zero attached hydrogens (tertiary/aromatic N) is 7. The lowest BCUT2D eigenvalue weighted by atomic mass is 9.91. The summed E-state index contributed by atoms with van der Waals surface area (Å²) in [6.07, 6.45) is -0.486. The van der Waals surface area contributed by atoms with Crippen molar-refractivity contribution in [2.24, 2.45) is 41.4 Å². The van der Waals surface area contributed by atoms with Gasteiger partial charge in [-0.05, 0) is 119 Å². The van der Waals surface area contributed by atoms with Crippen molar-refractivity contribution in [3.63, 3.8) is 0 Å². The van der Waals surface area contributed by atoms with Crippen LogP contribution in [0.25, 0.3) is 0 Å². The zero-order valence-corrected chi connectivity index (χ0v) is 64.2. The van der Waals surface area contributed by atoms with Gasteiger partial charge in [-0.15, -0.1) is 0 Å². The van der Waals surface area contributed by atoms with Gasteiger partial charge in [-0.1, -0.05) is 130 Å². The number of nitrogens with one attached hydrogen (secondary N) is 4. The minimum absolute atomic E-state index is 0.0882. The van der Waals surface area contributed by atoms with E-state index in [-0.39, 0.29) is 55.8 Å². The van der Waals surface area contributed by atoms with E-state index in [0.717, 1.165) is 23.9 Å². The van der Waals surface area contributed by atoms with Crippen LogP contribution in [0.1, 0.15) is 177 Å². The highest BCUT2D eigenvalue weighted by Gasteiger charge is 2.50. The average Bonchev–Trinajstić information content (AvgIpc) is 0.806. The number of hydrogen-bond donors (Lipinski definition) is 4. The predicted molar refractivity (Wildman–Crippen MR) is 369 cm³/mol. The van der Waals surface area contributed by atoms with Gasteiger partial charge in [0.1, 0.15) is 60.4 Å². The van der Waals surface area contributed by atoms with Gasteiger partial charge in [0, 0.05) is 49.3 Å². The Bertz CT molecular complexity index is 2650. The van der Waals surface area contributed by atoms with Crippen LogP contribution in [0.5, 0.6) is 0 Å². The highest BCUT2D eigenvalue weighted by Crippen LogP contribution is 2.40. The van der Waals surface area contributed by atoms with Crippen molar-refractivity contribution in [3.8, 4) is 0 Å². The molecule has 0 spiro atoms. The Morgan fingerprint density at radius 2 is 0.842 bits per heavy atom. The molecule has 546 valence electrons. The smallest absolute Gasteiger partial charge is 0.267 e. The SMILES string of the molecule is C/C=C/C[C@@H](C)[C@@H](O[Si](C)(C)C(C)(C)C)[C@H]1C(=O)N[C@@H](CC)C(=O)N(C)[C@H](C(F)F)C(=O)N(C)[C@@H](CC(C)C)C(=O)N[C@@H](C(C)C)C(=O)N(C)[C@@H](CC(C)C)C(=O)N[C@@H](C)C(=O)N[C@H](C)C(=O)N(C)[C@@H](CC(C)C)C(=O)N(C)[C@@H](CC(C)C)C(=O)N(C)[C@@H](C(C)C)C(=O)N1C. The number of amides is 11. The van der Waals surface area contributed by atoms with Crippen molar-refractivity contribution in [3.05, 3.63) is 12.2 Å². The summed E-state index contributed by atoms with van der Waals surface area (Å²) in [4.78, 5) is 172. The van der Waals surface area contributed by atoms with Gasteiger partial charge in [-0.3, -0.25) is 52.7 Å². The maximum Gasteiger partial charge on any atom is 0.267 e. The molecule has 0 aromatic rings. The summed E-state index contributed by atoms with van der Waals surface area (Å²) in [7, 11) is 6.36. The molecule has 1 aliphatic rings. The quantitative estimate of drug-likeness (QED) is 0.0804. The topological polar surface area (TPSA) is 268 Å². The molecule has 13 atom stereocenters. The van der Waals surface area contributed by atoms with Crippen molar-refractivity contribution >= 4 is 73.3 Å². The van der Waals surface area contributed by atoms with Crippen LogP contribution in [-0.2, 0) is 57.2 Å². The average molecular weight is 1370 g/mol. The first-order chi connectivity index (χ1) is 43.5. The van der Waals surface area contributed by atoms with E-state index in [1.54, 1.807) is 41.5 Å². The summed E-state index contributed by atoms with van der Waals surface area (Å²) in [5, 5.41) is 10.4. The number of carbonyl (C=O) groups is 11. The van der Waals surface area contributed by atoms with E-state index in [9.17, 15) is 33.6 Å². The molecule has 0 saturated carbocycles. The van der Waals surface area contributed by atoms with Crippen molar-refractivity contribution in [2.45, 2.75) is 274 Å². The molecule has 1 fully saturated rings. The Balaban J connectivity index is 4.70. The zero-order chi connectivity index (χ0) is 74.1. The van der Waals surface area contributed by atoms with Crippen LogP contribution < -0.4 is 21.3 Å². The Kier molecular flexibility index (Phi) is 34.4. The molecular formula is C69H125F2N11O12Si. The molecule has 1 rings (SSSR count). The maximum atomic E-state index is 15.8. The van der Waals surface area contributed by atoms with E-state index in [4.69, 9.17) is 4.43 Å². The Morgan fingerprint density at radius 1 is 0.463 bits per heavy atom. The van der Waals surface area contributed by atoms with Gasteiger partial charge in [0.15, 0.2) is 14.4 Å². The summed E-state index contributed by atoms with van der Waals surface area (Å²) in [6.45, 7) is 39.4. The van der Waals surface area contributed by atoms with E-state index >= 15 is 28.0 Å². The minimum atomic E-state index is -3.54. The van der Waals surface area contributed by atoms with Gasteiger partial charge >= 0.3 is 0 Å². The summed E-state index contributed by atoms with van der Waals surface area (Å²) >= 11 is 0. The summed E-state index contributed by atoms with van der Waals surface area (Å²) in [6, 6.07) is -15.9. The van der Waals surface area contributed by atoms with E-state index in [1.807, 2.05) is 101 Å². The molecule has 95 heavy (non-hydrogen) atoms. The number of alkyl halides is 2. The Labute approximate surface area is 569 Å². The Morgan fingerprint density at radius 3 is 1.25 bits per heavy atom. The van der Waals surface area contributed by atoms with E-state index in [0.29, 0.717) is 11.3 Å². The molecule has 0 aliphatic carbocycles. The third-order valence-corrected chi connectivity index (χ3v) is 23.2. The first-order valence-corrected chi connectivity index (χ1v) is 37.0. The van der Waals surface area contributed by atoms with Crippen molar-refractivity contribution in [2.75, 3.05) is 49.3 Å². The Hall–Kier alpha value is -6.05. The molecule has 1 aliphatic heterocycles. The number of halogens is 2. The van der Waals surface area contributed by atoms with Gasteiger partial charge < -0.3 is 60.0 Å². The van der Waals surface area contributed by atoms with Crippen molar-refractivity contribution < 1.29 is 65.9 Å². The second kappa shape index (κ2) is 37.6. The molecule has 0 aromatic carbocycles. The largest absolute Gasteiger partial charge is 0.411 e. The third-order valence-electron chi connectivity index (χ3n) is 18.7. The summed E-state index contributed by atoms with van der Waals surface area (Å²) < 4.78 is 38.8. The third kappa shape index (κ3) is 23.6. The molecule has 0 unspecified atom stereocenters. The molecule has 23 nitrogen and oxygen atoms in total. The van der Waals surface area contributed by atoms with E-state index in [2.05, 4.69) is 21.3 Å². The number of allylic oxidation sites excluding steroid dienone is 2. The molecule has 0 bridgehead atoms. The second-order valence-electron chi connectivity index (χ2n) is 30.4. The predicted octanol–water partition coefficient (Wildman–Crippen LogP) is 6.93. The molecule has 0 aromatic heterocycles. The van der Waals surface area contributed by atoms with Crippen LogP contribution in [-0.4, -0.2) is 236 Å². The van der Waals surface area contributed by atoms with Crippen molar-refractivity contribution in [1.29, 1.82) is 0 Å². The van der Waals surface area contributed by atoms with Crippen LogP contribution >= 0.6 is 0 Å². The molecule has 0 radical (unpaired) electrons.